The first-order chi connectivity index (χ1) is 8.09. The molecule has 0 aromatic carbocycles. The Kier molecular flexibility index (Phi) is 2.96. The monoisotopic (exact) mass is 251 g/mol. The number of hydrogen-bond donors (Lipinski definition) is 1. The van der Waals surface area contributed by atoms with Gasteiger partial charge in [-0.3, -0.25) is 0 Å². The lowest BCUT2D eigenvalue weighted by Gasteiger charge is -2.03. The summed E-state index contributed by atoms with van der Waals surface area (Å²) in [4.78, 5) is 18.0. The van der Waals surface area contributed by atoms with Crippen LogP contribution in [0.1, 0.15) is 0 Å². The number of imidazole rings is 1. The van der Waals surface area contributed by atoms with E-state index in [9.17, 15) is 10.1 Å². The smallest absolute Gasteiger partial charge is 0.396 e. The minimum absolute atomic E-state index is 0.192. The molecule has 0 aliphatic carbocycles. The molecule has 0 aliphatic heterocycles. The predicted octanol–water partition coefficient (Wildman–Crippen LogP) is 1.46. The molecule has 2 rings (SSSR count). The molecule has 88 valence electrons. The molecule has 2 N–H and O–H groups in total. The van der Waals surface area contributed by atoms with Crippen LogP contribution in [0.4, 0.5) is 11.5 Å². The van der Waals surface area contributed by atoms with Crippen LogP contribution in [0.2, 0.25) is 0 Å². The molecule has 0 bridgehead atoms. The second-order valence-corrected chi connectivity index (χ2v) is 4.22. The van der Waals surface area contributed by atoms with Crippen molar-refractivity contribution >= 4 is 23.3 Å². The highest BCUT2D eigenvalue weighted by atomic mass is 32.2. The van der Waals surface area contributed by atoms with E-state index in [1.54, 1.807) is 29.9 Å². The summed E-state index contributed by atoms with van der Waals surface area (Å²) in [5, 5.41) is 11.7. The van der Waals surface area contributed by atoms with E-state index in [2.05, 4.69) is 9.97 Å². The number of aryl methyl sites for hydroxylation is 1. The van der Waals surface area contributed by atoms with E-state index in [1.807, 2.05) is 0 Å². The van der Waals surface area contributed by atoms with Crippen LogP contribution < -0.4 is 5.73 Å². The van der Waals surface area contributed by atoms with Gasteiger partial charge in [-0.15, -0.1) is 0 Å². The number of rotatable bonds is 3. The topological polar surface area (TPSA) is 99.9 Å². The van der Waals surface area contributed by atoms with Crippen molar-refractivity contribution in [1.82, 2.24) is 14.5 Å². The maximum atomic E-state index is 10.8. The highest BCUT2D eigenvalue weighted by molar-refractivity contribution is 7.99. The Morgan fingerprint density at radius 1 is 1.53 bits per heavy atom. The molecule has 2 heterocycles. The van der Waals surface area contributed by atoms with Crippen molar-refractivity contribution in [3.63, 3.8) is 0 Å². The fourth-order valence-corrected chi connectivity index (χ4v) is 2.12. The summed E-state index contributed by atoms with van der Waals surface area (Å²) < 4.78 is 1.57. The van der Waals surface area contributed by atoms with Gasteiger partial charge in [0.1, 0.15) is 5.03 Å². The van der Waals surface area contributed by atoms with E-state index in [4.69, 9.17) is 5.73 Å². The first-order valence-corrected chi connectivity index (χ1v) is 5.45. The number of aromatic nitrogens is 3. The van der Waals surface area contributed by atoms with Gasteiger partial charge in [0.15, 0.2) is 5.03 Å². The Morgan fingerprint density at radius 3 is 2.94 bits per heavy atom. The molecular formula is C9H9N5O2S. The Labute approximate surface area is 101 Å². The van der Waals surface area contributed by atoms with Gasteiger partial charge in [0.05, 0.1) is 5.69 Å². The minimum atomic E-state index is -0.526. The zero-order valence-corrected chi connectivity index (χ0v) is 9.72. The van der Waals surface area contributed by atoms with E-state index in [1.165, 1.54) is 6.33 Å². The maximum absolute atomic E-state index is 10.8. The normalized spacial score (nSPS) is 10.4. The lowest BCUT2D eigenvalue weighted by atomic mass is 10.4. The Balaban J connectivity index is 2.39. The number of nitro groups is 1. The molecule has 2 aromatic rings. The lowest BCUT2D eigenvalue weighted by molar-refractivity contribution is -0.392. The fraction of sp³-hybridized carbons (Fsp3) is 0.111. The van der Waals surface area contributed by atoms with E-state index in [0.717, 1.165) is 11.8 Å². The Morgan fingerprint density at radius 2 is 2.29 bits per heavy atom. The van der Waals surface area contributed by atoms with Gasteiger partial charge in [0.2, 0.25) is 6.33 Å². The second kappa shape index (κ2) is 4.42. The second-order valence-electron chi connectivity index (χ2n) is 3.24. The van der Waals surface area contributed by atoms with Crippen LogP contribution in [0.5, 0.6) is 0 Å². The van der Waals surface area contributed by atoms with Gasteiger partial charge in [-0.25, -0.2) is 4.98 Å². The number of anilines is 1. The summed E-state index contributed by atoms with van der Waals surface area (Å²) in [7, 11) is 1.68. The average molecular weight is 251 g/mol. The highest BCUT2D eigenvalue weighted by Crippen LogP contribution is 2.34. The molecule has 17 heavy (non-hydrogen) atoms. The third-order valence-electron chi connectivity index (χ3n) is 2.03. The van der Waals surface area contributed by atoms with Crippen LogP contribution in [0.25, 0.3) is 0 Å². The number of nitrogens with zero attached hydrogens (tertiary/aromatic N) is 4. The third kappa shape index (κ3) is 2.21. The zero-order chi connectivity index (χ0) is 12.4. The van der Waals surface area contributed by atoms with Gasteiger partial charge in [-0.2, -0.15) is 0 Å². The summed E-state index contributed by atoms with van der Waals surface area (Å²) in [5.41, 5.74) is 6.21. The highest BCUT2D eigenvalue weighted by Gasteiger charge is 2.22. The largest absolute Gasteiger partial charge is 0.397 e. The average Bonchev–Trinajstić information content (AvgIpc) is 2.64. The van der Waals surface area contributed by atoms with Gasteiger partial charge >= 0.3 is 5.82 Å². The summed E-state index contributed by atoms with van der Waals surface area (Å²) >= 11 is 1.13. The van der Waals surface area contributed by atoms with Crippen molar-refractivity contribution in [1.29, 1.82) is 0 Å². The van der Waals surface area contributed by atoms with E-state index in [-0.39, 0.29) is 5.82 Å². The zero-order valence-electron chi connectivity index (χ0n) is 8.90. The maximum Gasteiger partial charge on any atom is 0.396 e. The van der Waals surface area contributed by atoms with Gasteiger partial charge in [-0.1, -0.05) is 0 Å². The van der Waals surface area contributed by atoms with Crippen LogP contribution in [-0.4, -0.2) is 19.5 Å². The van der Waals surface area contributed by atoms with Crippen LogP contribution in [0.15, 0.2) is 34.7 Å². The number of nitrogens with two attached hydrogens (primary N) is 1. The molecule has 0 fully saturated rings. The van der Waals surface area contributed by atoms with Crippen molar-refractivity contribution in [2.45, 2.75) is 10.1 Å². The minimum Gasteiger partial charge on any atom is -0.397 e. The lowest BCUT2D eigenvalue weighted by Crippen LogP contribution is -1.96. The Hall–Kier alpha value is -2.09. The van der Waals surface area contributed by atoms with E-state index >= 15 is 0 Å². The molecule has 0 radical (unpaired) electrons. The van der Waals surface area contributed by atoms with Crippen molar-refractivity contribution in [2.75, 3.05) is 5.73 Å². The summed E-state index contributed by atoms with van der Waals surface area (Å²) in [5.74, 6) is -0.192. The predicted molar refractivity (Wildman–Crippen MR) is 62.6 cm³/mol. The van der Waals surface area contributed by atoms with Crippen LogP contribution >= 0.6 is 11.8 Å². The van der Waals surface area contributed by atoms with Crippen molar-refractivity contribution in [2.24, 2.45) is 7.05 Å². The standard InChI is InChI=1S/C9H9N5O2S/c1-13-5-12-7(14(15)16)9(13)17-8-6(10)3-2-4-11-8/h2-5H,10H2,1H3. The third-order valence-corrected chi connectivity index (χ3v) is 3.23. The van der Waals surface area contributed by atoms with Crippen molar-refractivity contribution in [3.05, 3.63) is 34.8 Å². The van der Waals surface area contributed by atoms with E-state index in [0.29, 0.717) is 15.7 Å². The molecule has 0 atom stereocenters. The molecule has 8 heteroatoms. The summed E-state index contributed by atoms with van der Waals surface area (Å²) in [6, 6.07) is 3.40. The van der Waals surface area contributed by atoms with Gasteiger partial charge in [-0.05, 0) is 33.8 Å². The number of hydrogen-bond acceptors (Lipinski definition) is 6. The SMILES string of the molecule is Cn1cnc([N+](=O)[O-])c1Sc1ncccc1N. The molecular weight excluding hydrogens is 242 g/mol. The van der Waals surface area contributed by atoms with Gasteiger partial charge in [0.25, 0.3) is 0 Å². The quantitative estimate of drug-likeness (QED) is 0.654. The van der Waals surface area contributed by atoms with Crippen LogP contribution in [0, 0.1) is 10.1 Å². The molecule has 7 nitrogen and oxygen atoms in total. The molecule has 0 spiro atoms. The molecule has 0 unspecified atom stereocenters. The van der Waals surface area contributed by atoms with Crippen molar-refractivity contribution in [3.8, 4) is 0 Å². The van der Waals surface area contributed by atoms with Crippen LogP contribution in [-0.2, 0) is 7.05 Å². The molecule has 0 aliphatic rings. The first-order valence-electron chi connectivity index (χ1n) is 4.63. The number of nitrogen functional groups attached to an aromatic ring is 1. The molecule has 2 aromatic heterocycles. The van der Waals surface area contributed by atoms with Crippen molar-refractivity contribution < 1.29 is 4.92 Å². The molecule has 0 saturated carbocycles. The van der Waals surface area contributed by atoms with Crippen LogP contribution in [0.3, 0.4) is 0 Å². The fourth-order valence-electron chi connectivity index (χ4n) is 1.23. The molecule has 0 saturated heterocycles. The summed E-state index contributed by atoms with van der Waals surface area (Å²) in [6.45, 7) is 0. The van der Waals surface area contributed by atoms with E-state index < -0.39 is 4.92 Å². The van der Waals surface area contributed by atoms with Gasteiger partial charge < -0.3 is 20.4 Å². The summed E-state index contributed by atoms with van der Waals surface area (Å²) in [6.07, 6.45) is 2.97. The first kappa shape index (κ1) is 11.4. The number of pyridine rings is 1. The Bertz CT molecular complexity index is 568. The molecule has 0 amide bonds. The van der Waals surface area contributed by atoms with Gasteiger partial charge in [0, 0.05) is 13.2 Å².